The number of benzene rings is 1. The lowest BCUT2D eigenvalue weighted by atomic mass is 10.1. The number of likely N-dealkylation sites (N-methyl/N-ethyl adjacent to an activating group) is 1. The molecule has 1 aliphatic heterocycles. The third-order valence-corrected chi connectivity index (χ3v) is 5.78. The van der Waals surface area contributed by atoms with Gasteiger partial charge in [0.2, 0.25) is 0 Å². The van der Waals surface area contributed by atoms with E-state index in [9.17, 15) is 19.4 Å². The molecule has 1 aromatic heterocycles. The SMILES string of the molecule is CN(Cc1cc(F)ccc1Cl)C(=O)C1=NCc2ncnc(N[C@@H]3CC[C@@H](O)[C@H]3O)c21. The van der Waals surface area contributed by atoms with Gasteiger partial charge >= 0.3 is 0 Å². The molecule has 1 amide bonds. The van der Waals surface area contributed by atoms with Crippen LogP contribution in [0.4, 0.5) is 10.2 Å². The number of aliphatic hydroxyl groups is 2. The molecule has 2 aromatic rings. The summed E-state index contributed by atoms with van der Waals surface area (Å²) in [5.74, 6) is -0.421. The van der Waals surface area contributed by atoms with Crippen molar-refractivity contribution in [1.82, 2.24) is 14.9 Å². The molecule has 2 aliphatic rings. The number of amides is 1. The van der Waals surface area contributed by atoms with Gasteiger partial charge in [-0.25, -0.2) is 14.4 Å². The number of hydrogen-bond donors (Lipinski definition) is 3. The van der Waals surface area contributed by atoms with Crippen molar-refractivity contribution in [1.29, 1.82) is 0 Å². The van der Waals surface area contributed by atoms with Crippen molar-refractivity contribution >= 4 is 29.0 Å². The van der Waals surface area contributed by atoms with E-state index in [-0.39, 0.29) is 30.8 Å². The zero-order valence-corrected chi connectivity index (χ0v) is 17.0. The summed E-state index contributed by atoms with van der Waals surface area (Å²) in [4.78, 5) is 27.3. The zero-order chi connectivity index (χ0) is 21.4. The molecule has 1 saturated carbocycles. The summed E-state index contributed by atoms with van der Waals surface area (Å²) in [6, 6.07) is 3.61. The van der Waals surface area contributed by atoms with E-state index in [4.69, 9.17) is 11.6 Å². The molecule has 4 rings (SSSR count). The topological polar surface area (TPSA) is 111 Å². The van der Waals surface area contributed by atoms with Gasteiger partial charge in [0.1, 0.15) is 23.7 Å². The van der Waals surface area contributed by atoms with Crippen LogP contribution in [-0.4, -0.2) is 62.0 Å². The molecule has 1 aliphatic carbocycles. The Kier molecular flexibility index (Phi) is 5.68. The number of fused-ring (bicyclic) bond motifs is 1. The van der Waals surface area contributed by atoms with E-state index in [0.29, 0.717) is 40.5 Å². The number of aromatic nitrogens is 2. The van der Waals surface area contributed by atoms with Crippen LogP contribution < -0.4 is 5.32 Å². The number of nitrogens with zero attached hydrogens (tertiary/aromatic N) is 4. The second-order valence-corrected chi connectivity index (χ2v) is 7.90. The van der Waals surface area contributed by atoms with Crippen LogP contribution in [0.5, 0.6) is 0 Å². The van der Waals surface area contributed by atoms with Crippen molar-refractivity contribution < 1.29 is 19.4 Å². The number of anilines is 1. The summed E-state index contributed by atoms with van der Waals surface area (Å²) in [7, 11) is 1.58. The lowest BCUT2D eigenvalue weighted by Gasteiger charge is -2.22. The standard InChI is InChI=1S/C20H21ClFN5O3/c1-27(8-10-6-11(22)2-3-12(10)21)20(30)17-16-14(7-23-17)24-9-25-19(16)26-13-4-5-15(28)18(13)29/h2-3,6,9,13,15,18,28-29H,4-5,7-8H2,1H3,(H,24,25,26)/t13-,15-,18+/m1/s1. The molecule has 2 heterocycles. The molecule has 1 aromatic carbocycles. The van der Waals surface area contributed by atoms with Crippen molar-refractivity contribution in [3.05, 3.63) is 52.2 Å². The zero-order valence-electron chi connectivity index (χ0n) is 16.2. The van der Waals surface area contributed by atoms with Gasteiger partial charge in [0.05, 0.1) is 36.1 Å². The third kappa shape index (κ3) is 3.88. The second-order valence-electron chi connectivity index (χ2n) is 7.49. The molecule has 3 N–H and O–H groups in total. The van der Waals surface area contributed by atoms with Gasteiger partial charge in [0, 0.05) is 18.6 Å². The molecule has 8 nitrogen and oxygen atoms in total. The Morgan fingerprint density at radius 3 is 2.87 bits per heavy atom. The lowest BCUT2D eigenvalue weighted by Crippen LogP contribution is -2.36. The smallest absolute Gasteiger partial charge is 0.272 e. The fourth-order valence-corrected chi connectivity index (χ4v) is 3.95. The largest absolute Gasteiger partial charge is 0.390 e. The first kappa shape index (κ1) is 20.6. The summed E-state index contributed by atoms with van der Waals surface area (Å²) in [5.41, 5.74) is 1.75. The molecule has 0 saturated heterocycles. The number of aliphatic hydroxyl groups excluding tert-OH is 2. The van der Waals surface area contributed by atoms with E-state index >= 15 is 0 Å². The summed E-state index contributed by atoms with van der Waals surface area (Å²) in [6.45, 7) is 0.339. The minimum absolute atomic E-state index is 0.105. The van der Waals surface area contributed by atoms with Crippen LogP contribution in [0.1, 0.15) is 29.7 Å². The number of nitrogens with one attached hydrogen (secondary N) is 1. The maximum absolute atomic E-state index is 13.6. The van der Waals surface area contributed by atoms with Crippen LogP contribution in [0.25, 0.3) is 0 Å². The first-order valence-electron chi connectivity index (χ1n) is 9.56. The van der Waals surface area contributed by atoms with E-state index < -0.39 is 18.0 Å². The highest BCUT2D eigenvalue weighted by atomic mass is 35.5. The molecule has 3 atom stereocenters. The predicted molar refractivity (Wildman–Crippen MR) is 109 cm³/mol. The summed E-state index contributed by atoms with van der Waals surface area (Å²) < 4.78 is 13.6. The average Bonchev–Trinajstić information content (AvgIpc) is 3.29. The number of carbonyl (C=O) groups is 1. The van der Waals surface area contributed by atoms with Gasteiger partial charge in [0.15, 0.2) is 0 Å². The first-order chi connectivity index (χ1) is 14.3. The highest BCUT2D eigenvalue weighted by Crippen LogP contribution is 2.29. The van der Waals surface area contributed by atoms with Gasteiger partial charge in [-0.15, -0.1) is 0 Å². The highest BCUT2D eigenvalue weighted by molar-refractivity contribution is 6.47. The van der Waals surface area contributed by atoms with Gasteiger partial charge in [0.25, 0.3) is 5.91 Å². The molecular formula is C20H21ClFN5O3. The summed E-state index contributed by atoms with van der Waals surface area (Å²) in [6.07, 6.45) is 0.695. The van der Waals surface area contributed by atoms with Crippen molar-refractivity contribution in [2.24, 2.45) is 4.99 Å². The molecule has 0 radical (unpaired) electrons. The van der Waals surface area contributed by atoms with Gasteiger partial charge in [-0.3, -0.25) is 9.79 Å². The minimum Gasteiger partial charge on any atom is -0.390 e. The Hall–Kier alpha value is -2.62. The lowest BCUT2D eigenvalue weighted by molar-refractivity contribution is -0.123. The molecule has 0 spiro atoms. The number of rotatable bonds is 5. The minimum atomic E-state index is -0.925. The van der Waals surface area contributed by atoms with Crippen LogP contribution in [-0.2, 0) is 17.9 Å². The van der Waals surface area contributed by atoms with Crippen LogP contribution in [0.3, 0.4) is 0 Å². The van der Waals surface area contributed by atoms with E-state index in [1.807, 2.05) is 0 Å². The molecule has 0 unspecified atom stereocenters. The normalized spacial score (nSPS) is 22.6. The Balaban J connectivity index is 1.56. The molecule has 0 bridgehead atoms. The monoisotopic (exact) mass is 433 g/mol. The third-order valence-electron chi connectivity index (χ3n) is 5.42. The molecular weight excluding hydrogens is 413 g/mol. The summed E-state index contributed by atoms with van der Waals surface area (Å²) in [5, 5.41) is 23.4. The van der Waals surface area contributed by atoms with Crippen LogP contribution >= 0.6 is 11.6 Å². The number of carbonyl (C=O) groups excluding carboxylic acids is 1. The molecule has 30 heavy (non-hydrogen) atoms. The molecule has 158 valence electrons. The Labute approximate surface area is 177 Å². The Bertz CT molecular complexity index is 1020. The Morgan fingerprint density at radius 2 is 2.13 bits per heavy atom. The maximum atomic E-state index is 13.6. The van der Waals surface area contributed by atoms with Gasteiger partial charge in [-0.2, -0.15) is 0 Å². The van der Waals surface area contributed by atoms with Crippen LogP contribution in [0, 0.1) is 5.82 Å². The van der Waals surface area contributed by atoms with E-state index in [2.05, 4.69) is 20.3 Å². The molecule has 10 heteroatoms. The van der Waals surface area contributed by atoms with Gasteiger partial charge in [-0.1, -0.05) is 11.6 Å². The number of hydrogen-bond acceptors (Lipinski definition) is 7. The van der Waals surface area contributed by atoms with E-state index in [1.165, 1.54) is 29.4 Å². The Morgan fingerprint density at radius 1 is 1.33 bits per heavy atom. The van der Waals surface area contributed by atoms with Crippen molar-refractivity contribution in [3.8, 4) is 0 Å². The number of aliphatic imine (C=N–C) groups is 1. The van der Waals surface area contributed by atoms with Crippen LogP contribution in [0.2, 0.25) is 5.02 Å². The van der Waals surface area contributed by atoms with E-state index in [1.54, 1.807) is 7.05 Å². The van der Waals surface area contributed by atoms with E-state index in [0.717, 1.165) is 0 Å². The maximum Gasteiger partial charge on any atom is 0.272 e. The summed E-state index contributed by atoms with van der Waals surface area (Å²) >= 11 is 6.12. The second kappa shape index (κ2) is 8.25. The fraction of sp³-hybridized carbons (Fsp3) is 0.400. The van der Waals surface area contributed by atoms with Crippen molar-refractivity contribution in [2.75, 3.05) is 12.4 Å². The van der Waals surface area contributed by atoms with Gasteiger partial charge < -0.3 is 20.4 Å². The average molecular weight is 434 g/mol. The van der Waals surface area contributed by atoms with Gasteiger partial charge in [-0.05, 0) is 36.6 Å². The van der Waals surface area contributed by atoms with Crippen molar-refractivity contribution in [3.63, 3.8) is 0 Å². The van der Waals surface area contributed by atoms with Crippen molar-refractivity contribution in [2.45, 2.75) is 44.2 Å². The highest BCUT2D eigenvalue weighted by Gasteiger charge is 2.36. The molecule has 1 fully saturated rings. The quantitative estimate of drug-likeness (QED) is 0.659. The first-order valence-corrected chi connectivity index (χ1v) is 9.93. The fourth-order valence-electron chi connectivity index (χ4n) is 3.77. The predicted octanol–water partition coefficient (Wildman–Crippen LogP) is 1.53. The number of halogens is 2. The van der Waals surface area contributed by atoms with Crippen LogP contribution in [0.15, 0.2) is 29.5 Å².